The van der Waals surface area contributed by atoms with Gasteiger partial charge in [-0.25, -0.2) is 23.7 Å². The zero-order valence-corrected chi connectivity index (χ0v) is 38.0. The van der Waals surface area contributed by atoms with Gasteiger partial charge < -0.3 is 43.5 Å². The number of anilines is 1. The first-order valence-electron chi connectivity index (χ1n) is 22.8. The summed E-state index contributed by atoms with van der Waals surface area (Å²) in [6, 6.07) is 6.37. The second-order valence-electron chi connectivity index (χ2n) is 17.5. The Kier molecular flexibility index (Phi) is 16.3. The van der Waals surface area contributed by atoms with Gasteiger partial charge in [-0.2, -0.15) is 0 Å². The van der Waals surface area contributed by atoms with Crippen LogP contribution in [-0.2, 0) is 60.6 Å². The molecule has 2 N–H and O–H groups in total. The molecular weight excluding hydrogens is 861 g/mol. The maximum Gasteiger partial charge on any atom is 0.309 e. The van der Waals surface area contributed by atoms with E-state index in [2.05, 4.69) is 25.3 Å². The molecule has 4 aliphatic rings. The van der Waals surface area contributed by atoms with Gasteiger partial charge in [0.2, 0.25) is 12.2 Å². The van der Waals surface area contributed by atoms with E-state index in [9.17, 15) is 23.6 Å². The van der Waals surface area contributed by atoms with Crippen molar-refractivity contribution in [3.63, 3.8) is 0 Å². The molecule has 3 aromatic heterocycles. The molecule has 356 valence electrons. The number of ether oxygens (including phenoxy) is 7. The molecular formula is C48H59F2N5O11. The number of hydrogen-bond donors (Lipinski definition) is 2. The molecule has 0 unspecified atom stereocenters. The molecule has 1 saturated heterocycles. The molecule has 0 spiro atoms. The minimum absolute atomic E-state index is 0.0336. The molecule has 8 rings (SSSR count). The van der Waals surface area contributed by atoms with Crippen molar-refractivity contribution in [2.75, 3.05) is 38.4 Å². The lowest BCUT2D eigenvalue weighted by molar-refractivity contribution is -0.247. The number of nitrogens with zero attached hydrogens (tertiary/aromatic N) is 3. The summed E-state index contributed by atoms with van der Waals surface area (Å²) in [5.74, 6) is -3.55. The fourth-order valence-corrected chi connectivity index (χ4v) is 9.49. The van der Waals surface area contributed by atoms with Gasteiger partial charge in [-0.1, -0.05) is 26.8 Å². The van der Waals surface area contributed by atoms with Gasteiger partial charge in [0.25, 0.3) is 0 Å². The Bertz CT molecular complexity index is 2340. The first kappa shape index (κ1) is 48.3. The van der Waals surface area contributed by atoms with Crippen LogP contribution in [-0.4, -0.2) is 95.3 Å². The molecule has 3 saturated carbocycles. The van der Waals surface area contributed by atoms with Crippen molar-refractivity contribution in [2.24, 2.45) is 35.5 Å². The van der Waals surface area contributed by atoms with E-state index in [4.69, 9.17) is 33.2 Å². The second kappa shape index (κ2) is 22.3. The van der Waals surface area contributed by atoms with Crippen LogP contribution in [0, 0.1) is 47.1 Å². The first-order chi connectivity index (χ1) is 31.8. The van der Waals surface area contributed by atoms with Gasteiger partial charge in [-0.15, -0.1) is 0 Å². The summed E-state index contributed by atoms with van der Waals surface area (Å²) in [4.78, 5) is 67.2. The quantitative estimate of drug-likeness (QED) is 0.0509. The molecule has 1 aromatic carbocycles. The van der Waals surface area contributed by atoms with E-state index in [0.717, 1.165) is 44.5 Å². The maximum atomic E-state index is 15.5. The Morgan fingerprint density at radius 2 is 1.65 bits per heavy atom. The molecule has 4 heterocycles. The molecule has 4 fully saturated rings. The van der Waals surface area contributed by atoms with Crippen LogP contribution in [0.1, 0.15) is 84.4 Å². The summed E-state index contributed by atoms with van der Waals surface area (Å²) in [5, 5.41) is 3.39. The molecule has 2 bridgehead atoms. The van der Waals surface area contributed by atoms with Gasteiger partial charge in [0, 0.05) is 49.4 Å². The van der Waals surface area contributed by atoms with Crippen LogP contribution >= 0.6 is 0 Å². The number of halogens is 2. The third-order valence-corrected chi connectivity index (χ3v) is 13.0. The van der Waals surface area contributed by atoms with Gasteiger partial charge in [-0.05, 0) is 80.0 Å². The standard InChI is InChI=1S/C48H59F2N5O11/c1-6-14-60-16-17-61-15-13-42(58)54-39-18-30(7-12-40(39)65-48-27(3)26(2)44(64-29(5)57)41(66-48)25-62-28(4)56)24-63-47(59)43-32-10-8-31(9-11-32)34(43)20-38-37(50)23-53-46(55-38)36-22-52-45-35(36)19-33(49)21-51-45/h7,12,18-19,21-23,26-27,31-32,34,41,43-44,48H,6,8-11,13-17,20,24-25H2,1-5H3,(H,51,52)(H,54,58)/t26-,27-,31?,32?,34+,41-,43+,44-,48-/m1/s1. The lowest BCUT2D eigenvalue weighted by Gasteiger charge is -2.47. The van der Waals surface area contributed by atoms with Gasteiger partial charge in [0.1, 0.15) is 42.6 Å². The lowest BCUT2D eigenvalue weighted by atomic mass is 9.57. The molecule has 3 aliphatic carbocycles. The Labute approximate surface area is 382 Å². The number of H-pyrrole nitrogens is 1. The van der Waals surface area contributed by atoms with Crippen molar-refractivity contribution in [2.45, 2.75) is 105 Å². The first-order valence-corrected chi connectivity index (χ1v) is 22.8. The number of esters is 3. The average Bonchev–Trinajstić information content (AvgIpc) is 3.72. The summed E-state index contributed by atoms with van der Waals surface area (Å²) >= 11 is 0. The number of rotatable bonds is 20. The number of carbonyl (C=O) groups is 4. The van der Waals surface area contributed by atoms with Gasteiger partial charge in [0.15, 0.2) is 11.6 Å². The second-order valence-corrected chi connectivity index (χ2v) is 17.5. The van der Waals surface area contributed by atoms with Crippen molar-refractivity contribution in [1.82, 2.24) is 19.9 Å². The van der Waals surface area contributed by atoms with Crippen LogP contribution < -0.4 is 10.1 Å². The lowest BCUT2D eigenvalue weighted by Crippen LogP contribution is -2.54. The predicted molar refractivity (Wildman–Crippen MR) is 234 cm³/mol. The van der Waals surface area contributed by atoms with Crippen molar-refractivity contribution in [3.05, 3.63) is 65.7 Å². The van der Waals surface area contributed by atoms with Crippen LogP contribution in [0.25, 0.3) is 22.4 Å². The van der Waals surface area contributed by atoms with E-state index in [-0.39, 0.29) is 85.4 Å². The van der Waals surface area contributed by atoms with E-state index in [0.29, 0.717) is 47.7 Å². The highest BCUT2D eigenvalue weighted by Crippen LogP contribution is 2.51. The fraction of sp³-hybridized carbons (Fsp3) is 0.562. The topological polar surface area (TPSA) is 199 Å². The highest BCUT2D eigenvalue weighted by Gasteiger charge is 2.48. The minimum Gasteiger partial charge on any atom is -0.463 e. The number of amides is 1. The Morgan fingerprint density at radius 1 is 0.894 bits per heavy atom. The van der Waals surface area contributed by atoms with Gasteiger partial charge in [-0.3, -0.25) is 19.2 Å². The van der Waals surface area contributed by atoms with Gasteiger partial charge in [0.05, 0.1) is 55.9 Å². The monoisotopic (exact) mass is 919 g/mol. The third kappa shape index (κ3) is 11.9. The number of hydrogen-bond acceptors (Lipinski definition) is 14. The van der Waals surface area contributed by atoms with Gasteiger partial charge >= 0.3 is 17.9 Å². The molecule has 7 atom stereocenters. The fourth-order valence-electron chi connectivity index (χ4n) is 9.49. The number of carbonyl (C=O) groups excluding carboxylic acids is 4. The number of fused-ring (bicyclic) bond motifs is 4. The smallest absolute Gasteiger partial charge is 0.309 e. The minimum atomic E-state index is -0.907. The summed E-state index contributed by atoms with van der Waals surface area (Å²) in [7, 11) is 0. The Hall–Kier alpha value is -5.59. The highest BCUT2D eigenvalue weighted by atomic mass is 19.1. The molecule has 1 aliphatic heterocycles. The van der Waals surface area contributed by atoms with Crippen LogP contribution in [0.3, 0.4) is 0 Å². The van der Waals surface area contributed by atoms with E-state index in [1.54, 1.807) is 24.4 Å². The van der Waals surface area contributed by atoms with E-state index in [1.165, 1.54) is 19.9 Å². The van der Waals surface area contributed by atoms with Crippen molar-refractivity contribution < 1.29 is 61.1 Å². The normalized spacial score (nSPS) is 24.7. The van der Waals surface area contributed by atoms with Crippen LogP contribution in [0.15, 0.2) is 42.9 Å². The molecule has 66 heavy (non-hydrogen) atoms. The van der Waals surface area contributed by atoms with Crippen LogP contribution in [0.5, 0.6) is 5.75 Å². The summed E-state index contributed by atoms with van der Waals surface area (Å²) in [6.45, 7) is 9.58. The maximum absolute atomic E-state index is 15.5. The molecule has 1 amide bonds. The van der Waals surface area contributed by atoms with E-state index < -0.39 is 54.0 Å². The van der Waals surface area contributed by atoms with Crippen molar-refractivity contribution in [3.8, 4) is 17.1 Å². The largest absolute Gasteiger partial charge is 0.463 e. The molecule has 18 heteroatoms. The number of aromatic nitrogens is 4. The number of nitrogens with one attached hydrogen (secondary N) is 2. The molecule has 16 nitrogen and oxygen atoms in total. The third-order valence-electron chi connectivity index (χ3n) is 13.0. The molecule has 0 radical (unpaired) electrons. The van der Waals surface area contributed by atoms with Crippen LogP contribution in [0.4, 0.5) is 14.5 Å². The zero-order valence-electron chi connectivity index (χ0n) is 38.0. The number of pyridine rings is 1. The number of aromatic amines is 1. The summed E-state index contributed by atoms with van der Waals surface area (Å²) in [6.07, 6.45) is 6.01. The average molecular weight is 920 g/mol. The highest BCUT2D eigenvalue weighted by molar-refractivity contribution is 5.93. The van der Waals surface area contributed by atoms with E-state index in [1.807, 2.05) is 20.8 Å². The molecule has 4 aromatic rings. The summed E-state index contributed by atoms with van der Waals surface area (Å²) in [5.41, 5.74) is 1.96. The van der Waals surface area contributed by atoms with E-state index >= 15 is 4.39 Å². The SMILES string of the molecule is CCCOCCOCCC(=O)Nc1cc(COC(=O)[C@H]2C3CCC(CC3)[C@@H]2Cc2nc(-c3c[nH]c4ncc(F)cc34)ncc2F)ccc1O[C@@H]1O[C@H](COC(C)=O)[C@H](OC(C)=O)[C@H](C)[C@H]1C. The summed E-state index contributed by atoms with van der Waals surface area (Å²) < 4.78 is 70.4. The Morgan fingerprint density at radius 3 is 2.39 bits per heavy atom. The predicted octanol–water partition coefficient (Wildman–Crippen LogP) is 7.28. The van der Waals surface area contributed by atoms with Crippen molar-refractivity contribution in [1.29, 1.82) is 0 Å². The van der Waals surface area contributed by atoms with Crippen molar-refractivity contribution >= 4 is 40.5 Å². The zero-order chi connectivity index (χ0) is 46.9. The van der Waals surface area contributed by atoms with Crippen LogP contribution in [0.2, 0.25) is 0 Å². The number of benzene rings is 1. The Balaban J connectivity index is 1.07.